The van der Waals surface area contributed by atoms with Crippen LogP contribution in [0.15, 0.2) is 17.5 Å². The van der Waals surface area contributed by atoms with E-state index in [4.69, 9.17) is 5.73 Å². The Hall–Kier alpha value is -1.69. The van der Waals surface area contributed by atoms with Crippen molar-refractivity contribution in [3.8, 4) is 10.6 Å². The molecule has 0 aliphatic rings. The molecule has 2 heterocycles. The summed E-state index contributed by atoms with van der Waals surface area (Å²) in [5.74, 6) is -0.572. The number of amides is 1. The van der Waals surface area contributed by atoms with Crippen LogP contribution in [-0.4, -0.2) is 21.3 Å². The van der Waals surface area contributed by atoms with E-state index in [1.54, 1.807) is 0 Å². The van der Waals surface area contributed by atoms with E-state index < -0.39 is 5.91 Å². The molecule has 6 heteroatoms. The lowest BCUT2D eigenvalue weighted by Crippen LogP contribution is -2.12. The van der Waals surface area contributed by atoms with Crippen molar-refractivity contribution >= 4 is 17.2 Å². The van der Waals surface area contributed by atoms with Crippen LogP contribution >= 0.6 is 11.3 Å². The smallest absolute Gasteiger partial charge is 0.271 e. The monoisotopic (exact) mass is 194 g/mol. The maximum Gasteiger partial charge on any atom is 0.271 e. The Morgan fingerprint density at radius 1 is 1.62 bits per heavy atom. The molecule has 0 aliphatic carbocycles. The number of rotatable bonds is 2. The van der Waals surface area contributed by atoms with Crippen molar-refractivity contribution in [2.45, 2.75) is 0 Å². The van der Waals surface area contributed by atoms with Gasteiger partial charge in [0.2, 0.25) is 0 Å². The third kappa shape index (κ3) is 1.31. The van der Waals surface area contributed by atoms with Gasteiger partial charge in [0.1, 0.15) is 5.69 Å². The Balaban J connectivity index is 2.52. The zero-order valence-electron chi connectivity index (χ0n) is 6.52. The number of primary amides is 1. The van der Waals surface area contributed by atoms with Gasteiger partial charge < -0.3 is 5.73 Å². The van der Waals surface area contributed by atoms with Crippen molar-refractivity contribution in [3.05, 3.63) is 23.2 Å². The summed E-state index contributed by atoms with van der Waals surface area (Å²) < 4.78 is 0. The summed E-state index contributed by atoms with van der Waals surface area (Å²) in [5.41, 5.74) is 5.88. The Kier molecular flexibility index (Phi) is 1.82. The molecule has 0 radical (unpaired) electrons. The molecule has 0 atom stereocenters. The molecule has 1 amide bonds. The van der Waals surface area contributed by atoms with E-state index in [9.17, 15) is 4.79 Å². The minimum Gasteiger partial charge on any atom is -0.364 e. The molecule has 0 aromatic carbocycles. The molecule has 2 rings (SSSR count). The van der Waals surface area contributed by atoms with Gasteiger partial charge in [0, 0.05) is 0 Å². The Morgan fingerprint density at radius 2 is 2.46 bits per heavy atom. The van der Waals surface area contributed by atoms with E-state index in [0.717, 1.165) is 4.88 Å². The van der Waals surface area contributed by atoms with Gasteiger partial charge in [-0.1, -0.05) is 11.3 Å². The van der Waals surface area contributed by atoms with Crippen LogP contribution in [0.5, 0.6) is 0 Å². The fourth-order valence-corrected chi connectivity index (χ4v) is 1.71. The van der Waals surface area contributed by atoms with E-state index in [2.05, 4.69) is 15.4 Å². The van der Waals surface area contributed by atoms with Crippen LogP contribution in [0.4, 0.5) is 0 Å². The summed E-state index contributed by atoms with van der Waals surface area (Å²) in [6, 6.07) is 3.75. The molecule has 0 saturated heterocycles. The molecule has 3 N–H and O–H groups in total. The number of hydrogen-bond donors (Lipinski definition) is 2. The van der Waals surface area contributed by atoms with Gasteiger partial charge in [-0.15, -0.1) is 16.4 Å². The Morgan fingerprint density at radius 3 is 3.08 bits per heavy atom. The first-order valence-corrected chi connectivity index (χ1v) is 4.41. The third-order valence-corrected chi connectivity index (χ3v) is 2.44. The molecular weight excluding hydrogens is 188 g/mol. The van der Waals surface area contributed by atoms with E-state index in [1.165, 1.54) is 11.3 Å². The zero-order valence-corrected chi connectivity index (χ0v) is 7.34. The normalized spacial score (nSPS) is 10.2. The maximum absolute atomic E-state index is 10.9. The van der Waals surface area contributed by atoms with Crippen molar-refractivity contribution in [2.24, 2.45) is 5.73 Å². The minimum atomic E-state index is -0.572. The van der Waals surface area contributed by atoms with Gasteiger partial charge in [0.05, 0.1) is 4.88 Å². The van der Waals surface area contributed by atoms with E-state index in [1.807, 2.05) is 17.5 Å². The fourth-order valence-electron chi connectivity index (χ4n) is 0.993. The Labute approximate surface area is 77.6 Å². The van der Waals surface area contributed by atoms with Gasteiger partial charge in [-0.3, -0.25) is 9.89 Å². The second-order valence-electron chi connectivity index (χ2n) is 2.38. The average molecular weight is 194 g/mol. The van der Waals surface area contributed by atoms with Gasteiger partial charge in [0.15, 0.2) is 5.69 Å². The first-order chi connectivity index (χ1) is 6.29. The van der Waals surface area contributed by atoms with Crippen LogP contribution in [0.1, 0.15) is 10.5 Å². The second kappa shape index (κ2) is 2.98. The largest absolute Gasteiger partial charge is 0.364 e. The van der Waals surface area contributed by atoms with Crippen LogP contribution < -0.4 is 5.73 Å². The molecule has 0 unspecified atom stereocenters. The number of nitrogens with two attached hydrogens (primary N) is 1. The maximum atomic E-state index is 10.9. The highest BCUT2D eigenvalue weighted by molar-refractivity contribution is 7.13. The predicted octanol–water partition coefficient (Wildman–Crippen LogP) is 0.632. The highest BCUT2D eigenvalue weighted by atomic mass is 32.1. The molecule has 0 bridgehead atoms. The van der Waals surface area contributed by atoms with Gasteiger partial charge >= 0.3 is 0 Å². The first-order valence-electron chi connectivity index (χ1n) is 3.54. The Bertz CT molecular complexity index is 419. The van der Waals surface area contributed by atoms with Gasteiger partial charge in [-0.05, 0) is 11.4 Å². The van der Waals surface area contributed by atoms with Gasteiger partial charge in [-0.25, -0.2) is 0 Å². The summed E-state index contributed by atoms with van der Waals surface area (Å²) in [7, 11) is 0. The van der Waals surface area contributed by atoms with Crippen molar-refractivity contribution < 1.29 is 4.79 Å². The second-order valence-corrected chi connectivity index (χ2v) is 3.32. The van der Waals surface area contributed by atoms with Crippen molar-refractivity contribution in [1.29, 1.82) is 0 Å². The van der Waals surface area contributed by atoms with Crippen LogP contribution in [0.25, 0.3) is 10.6 Å². The molecule has 0 spiro atoms. The lowest BCUT2D eigenvalue weighted by atomic mass is 10.3. The van der Waals surface area contributed by atoms with Gasteiger partial charge in [0.25, 0.3) is 5.91 Å². The lowest BCUT2D eigenvalue weighted by molar-refractivity contribution is 0.0996. The molecule has 66 valence electrons. The molecular formula is C7H6N4OS. The highest BCUT2D eigenvalue weighted by Gasteiger charge is 2.14. The molecule has 13 heavy (non-hydrogen) atoms. The molecule has 0 aliphatic heterocycles. The number of carbonyl (C=O) groups is 1. The number of thiophene rings is 1. The number of hydrogen-bond acceptors (Lipinski definition) is 4. The molecule has 2 aromatic heterocycles. The summed E-state index contributed by atoms with van der Waals surface area (Å²) in [6.07, 6.45) is 0. The summed E-state index contributed by atoms with van der Waals surface area (Å²) in [5, 5.41) is 11.7. The predicted molar refractivity (Wildman–Crippen MR) is 48.2 cm³/mol. The van der Waals surface area contributed by atoms with E-state index >= 15 is 0 Å². The van der Waals surface area contributed by atoms with Gasteiger partial charge in [-0.2, -0.15) is 0 Å². The lowest BCUT2D eigenvalue weighted by Gasteiger charge is -1.91. The van der Waals surface area contributed by atoms with Crippen LogP contribution in [0.2, 0.25) is 0 Å². The zero-order chi connectivity index (χ0) is 9.26. The fraction of sp³-hybridized carbons (Fsp3) is 0. The summed E-state index contributed by atoms with van der Waals surface area (Å²) in [6.45, 7) is 0. The molecule has 0 fully saturated rings. The van der Waals surface area contributed by atoms with Crippen LogP contribution in [0.3, 0.4) is 0 Å². The number of aromatic amines is 1. The number of nitrogens with zero attached hydrogens (tertiary/aromatic N) is 2. The number of carbonyl (C=O) groups excluding carboxylic acids is 1. The third-order valence-electron chi connectivity index (χ3n) is 1.55. The van der Waals surface area contributed by atoms with Crippen molar-refractivity contribution in [2.75, 3.05) is 0 Å². The SMILES string of the molecule is NC(=O)c1nn[nH]c1-c1cccs1. The van der Waals surface area contributed by atoms with Crippen LogP contribution in [0, 0.1) is 0 Å². The number of nitrogens with one attached hydrogen (secondary N) is 1. The van der Waals surface area contributed by atoms with E-state index in [-0.39, 0.29) is 5.69 Å². The summed E-state index contributed by atoms with van der Waals surface area (Å²) in [4.78, 5) is 11.8. The van der Waals surface area contributed by atoms with Crippen LogP contribution in [-0.2, 0) is 0 Å². The topological polar surface area (TPSA) is 84.7 Å². The van der Waals surface area contributed by atoms with Crippen molar-refractivity contribution in [1.82, 2.24) is 15.4 Å². The number of aromatic nitrogens is 3. The van der Waals surface area contributed by atoms with Crippen molar-refractivity contribution in [3.63, 3.8) is 0 Å². The minimum absolute atomic E-state index is 0.183. The molecule has 5 nitrogen and oxygen atoms in total. The first kappa shape index (κ1) is 7.93. The summed E-state index contributed by atoms with van der Waals surface area (Å²) >= 11 is 1.49. The molecule has 2 aromatic rings. The quantitative estimate of drug-likeness (QED) is 0.735. The average Bonchev–Trinajstić information content (AvgIpc) is 2.74. The standard InChI is InChI=1S/C7H6N4OS/c8-7(12)6-5(9-11-10-6)4-2-1-3-13-4/h1-3H,(H2,8,12)(H,9,10,11). The molecule has 0 saturated carbocycles. The highest BCUT2D eigenvalue weighted by Crippen LogP contribution is 2.23. The van der Waals surface area contributed by atoms with E-state index in [0.29, 0.717) is 5.69 Å². The number of H-pyrrole nitrogens is 1.